The molecule has 5 rings (SSSR count). The van der Waals surface area contributed by atoms with Gasteiger partial charge in [-0.05, 0) is 58.7 Å². The Morgan fingerprint density at radius 3 is 2.82 bits per heavy atom. The number of hydrogen-bond donors (Lipinski definition) is 1. The Hall–Kier alpha value is -3.99. The van der Waals surface area contributed by atoms with Crippen LogP contribution in [0.1, 0.15) is 35.2 Å². The SMILES string of the molecule is CCC(O)(c1cccc(OCc2ccc3c(-c4ccoc4)cc(C#N)cc3c2)n1)c1nccs1. The van der Waals surface area contributed by atoms with Crippen molar-refractivity contribution in [1.82, 2.24) is 9.97 Å². The quantitative estimate of drug-likeness (QED) is 0.313. The highest BCUT2D eigenvalue weighted by Gasteiger charge is 2.34. The standard InChI is InChI=1S/C27H21N3O3S/c1-2-27(31,26-29-9-11-34-26)24-4-3-5-25(30-24)33-16-18-6-7-22-21(12-18)13-19(15-28)14-23(22)20-8-10-32-17-20/h3-14,17,31H,2,16H2,1H3. The maximum atomic E-state index is 11.2. The third-order valence-electron chi connectivity index (χ3n) is 5.81. The molecule has 1 unspecified atom stereocenters. The van der Waals surface area contributed by atoms with Gasteiger partial charge in [-0.15, -0.1) is 11.3 Å². The summed E-state index contributed by atoms with van der Waals surface area (Å²) in [5.41, 5.74) is 2.65. The molecule has 1 atom stereocenters. The second-order valence-electron chi connectivity index (χ2n) is 7.90. The molecule has 0 aliphatic heterocycles. The number of nitriles is 1. The summed E-state index contributed by atoms with van der Waals surface area (Å²) in [6.07, 6.45) is 5.42. The van der Waals surface area contributed by atoms with Gasteiger partial charge < -0.3 is 14.3 Å². The summed E-state index contributed by atoms with van der Waals surface area (Å²) >= 11 is 1.40. The fraction of sp³-hybridized carbons (Fsp3) is 0.148. The van der Waals surface area contributed by atoms with E-state index in [-0.39, 0.29) is 0 Å². The molecule has 0 aliphatic carbocycles. The molecule has 3 aromatic heterocycles. The predicted molar refractivity (Wildman–Crippen MR) is 130 cm³/mol. The maximum absolute atomic E-state index is 11.2. The van der Waals surface area contributed by atoms with Crippen molar-refractivity contribution in [3.05, 3.63) is 101 Å². The first-order chi connectivity index (χ1) is 16.6. The molecule has 1 N–H and O–H groups in total. The fourth-order valence-corrected chi connectivity index (χ4v) is 4.80. The molecule has 0 saturated carbocycles. The van der Waals surface area contributed by atoms with Crippen molar-refractivity contribution < 1.29 is 14.3 Å². The number of benzene rings is 2. The van der Waals surface area contributed by atoms with Crippen molar-refractivity contribution in [1.29, 1.82) is 5.26 Å². The number of hydrogen-bond acceptors (Lipinski definition) is 7. The number of ether oxygens (including phenoxy) is 1. The van der Waals surface area contributed by atoms with Crippen molar-refractivity contribution >= 4 is 22.1 Å². The van der Waals surface area contributed by atoms with Crippen LogP contribution in [0.25, 0.3) is 21.9 Å². The minimum atomic E-state index is -1.26. The van der Waals surface area contributed by atoms with Crippen LogP contribution >= 0.6 is 11.3 Å². The molecule has 3 heterocycles. The van der Waals surface area contributed by atoms with Crippen molar-refractivity contribution in [2.75, 3.05) is 0 Å². The molecule has 5 aromatic rings. The highest BCUT2D eigenvalue weighted by Crippen LogP contribution is 2.34. The molecule has 7 heteroatoms. The normalized spacial score (nSPS) is 12.9. The van der Waals surface area contributed by atoms with Crippen LogP contribution in [0.2, 0.25) is 0 Å². The number of rotatable bonds is 7. The second-order valence-corrected chi connectivity index (χ2v) is 8.80. The minimum Gasteiger partial charge on any atom is -0.473 e. The lowest BCUT2D eigenvalue weighted by Gasteiger charge is -2.24. The first-order valence-corrected chi connectivity index (χ1v) is 11.7. The zero-order valence-corrected chi connectivity index (χ0v) is 19.2. The van der Waals surface area contributed by atoms with Gasteiger partial charge >= 0.3 is 0 Å². The summed E-state index contributed by atoms with van der Waals surface area (Å²) in [5, 5.41) is 25.1. The van der Waals surface area contributed by atoms with E-state index in [0.29, 0.717) is 35.2 Å². The maximum Gasteiger partial charge on any atom is 0.213 e. The number of fused-ring (bicyclic) bond motifs is 1. The predicted octanol–water partition coefficient (Wildman–Crippen LogP) is 6.05. The Balaban J connectivity index is 1.42. The van der Waals surface area contributed by atoms with E-state index in [0.717, 1.165) is 27.5 Å². The molecule has 0 spiro atoms. The Morgan fingerprint density at radius 2 is 2.09 bits per heavy atom. The van der Waals surface area contributed by atoms with Gasteiger partial charge in [0.1, 0.15) is 11.6 Å². The van der Waals surface area contributed by atoms with Crippen molar-refractivity contribution in [2.24, 2.45) is 0 Å². The van der Waals surface area contributed by atoms with E-state index in [1.165, 1.54) is 11.3 Å². The van der Waals surface area contributed by atoms with E-state index in [4.69, 9.17) is 9.15 Å². The Morgan fingerprint density at radius 1 is 1.18 bits per heavy atom. The number of nitrogens with zero attached hydrogens (tertiary/aromatic N) is 3. The topological polar surface area (TPSA) is 92.2 Å². The smallest absolute Gasteiger partial charge is 0.213 e. The minimum absolute atomic E-state index is 0.298. The first kappa shape index (κ1) is 21.8. The third-order valence-corrected chi connectivity index (χ3v) is 6.73. The summed E-state index contributed by atoms with van der Waals surface area (Å²) in [7, 11) is 0. The van der Waals surface area contributed by atoms with Gasteiger partial charge in [0, 0.05) is 23.2 Å². The molecular weight excluding hydrogens is 446 g/mol. The molecule has 0 bridgehead atoms. The average molecular weight is 468 g/mol. The molecule has 2 aromatic carbocycles. The molecule has 6 nitrogen and oxygen atoms in total. The van der Waals surface area contributed by atoms with Crippen molar-refractivity contribution in [3.8, 4) is 23.1 Å². The number of aromatic nitrogens is 2. The van der Waals surface area contributed by atoms with Gasteiger partial charge in [-0.2, -0.15) is 5.26 Å². The second kappa shape index (κ2) is 9.10. The van der Waals surface area contributed by atoms with E-state index in [1.807, 2.05) is 54.8 Å². The number of furan rings is 1. The highest BCUT2D eigenvalue weighted by molar-refractivity contribution is 7.09. The van der Waals surface area contributed by atoms with Gasteiger partial charge in [0.05, 0.1) is 29.9 Å². The molecule has 0 saturated heterocycles. The van der Waals surface area contributed by atoms with Crippen molar-refractivity contribution in [2.45, 2.75) is 25.6 Å². The van der Waals surface area contributed by atoms with Crippen LogP contribution in [-0.4, -0.2) is 15.1 Å². The molecule has 168 valence electrons. The van der Waals surface area contributed by atoms with E-state index in [9.17, 15) is 10.4 Å². The molecular formula is C27H21N3O3S. The first-order valence-electron chi connectivity index (χ1n) is 10.8. The van der Waals surface area contributed by atoms with Gasteiger partial charge in [-0.1, -0.05) is 25.1 Å². The lowest BCUT2D eigenvalue weighted by Crippen LogP contribution is -2.27. The molecule has 0 fully saturated rings. The average Bonchev–Trinajstić information content (AvgIpc) is 3.61. The summed E-state index contributed by atoms with van der Waals surface area (Å²) < 4.78 is 11.2. The van der Waals surface area contributed by atoms with Gasteiger partial charge in [-0.25, -0.2) is 9.97 Å². The zero-order valence-electron chi connectivity index (χ0n) is 18.4. The number of pyridine rings is 1. The lowest BCUT2D eigenvalue weighted by molar-refractivity contribution is 0.0706. The Labute approximate surface area is 200 Å². The van der Waals surface area contributed by atoms with Crippen LogP contribution in [-0.2, 0) is 12.2 Å². The largest absolute Gasteiger partial charge is 0.473 e. The van der Waals surface area contributed by atoms with Gasteiger partial charge in [0.15, 0.2) is 5.60 Å². The third kappa shape index (κ3) is 4.05. The molecule has 0 radical (unpaired) electrons. The lowest BCUT2D eigenvalue weighted by atomic mass is 9.96. The summed E-state index contributed by atoms with van der Waals surface area (Å²) in [5.74, 6) is 0.422. The Kier molecular flexibility index (Phi) is 5.84. The van der Waals surface area contributed by atoms with Crippen LogP contribution in [0.5, 0.6) is 5.88 Å². The summed E-state index contributed by atoms with van der Waals surface area (Å²) in [6, 6.07) is 19.3. The van der Waals surface area contributed by atoms with Crippen molar-refractivity contribution in [3.63, 3.8) is 0 Å². The fourth-order valence-electron chi connectivity index (χ4n) is 3.98. The molecule has 34 heavy (non-hydrogen) atoms. The number of thiazole rings is 1. The van der Waals surface area contributed by atoms with Crippen LogP contribution in [0.4, 0.5) is 0 Å². The summed E-state index contributed by atoms with van der Waals surface area (Å²) in [4.78, 5) is 8.85. The van der Waals surface area contributed by atoms with Crippen LogP contribution < -0.4 is 4.74 Å². The van der Waals surface area contributed by atoms with E-state index >= 15 is 0 Å². The van der Waals surface area contributed by atoms with Crippen LogP contribution in [0, 0.1) is 11.3 Å². The van der Waals surface area contributed by atoms with Gasteiger partial charge in [0.25, 0.3) is 0 Å². The monoisotopic (exact) mass is 467 g/mol. The Bertz CT molecular complexity index is 1470. The van der Waals surface area contributed by atoms with E-state index in [1.54, 1.807) is 30.9 Å². The van der Waals surface area contributed by atoms with Crippen LogP contribution in [0.15, 0.2) is 83.1 Å². The van der Waals surface area contributed by atoms with Gasteiger partial charge in [0.2, 0.25) is 5.88 Å². The number of aliphatic hydroxyl groups is 1. The highest BCUT2D eigenvalue weighted by atomic mass is 32.1. The zero-order chi connectivity index (χ0) is 23.5. The van der Waals surface area contributed by atoms with E-state index in [2.05, 4.69) is 16.0 Å². The summed E-state index contributed by atoms with van der Waals surface area (Å²) in [6.45, 7) is 2.20. The van der Waals surface area contributed by atoms with Gasteiger partial charge in [-0.3, -0.25) is 0 Å². The molecule has 0 aliphatic rings. The molecule has 0 amide bonds. The van der Waals surface area contributed by atoms with Crippen LogP contribution in [0.3, 0.4) is 0 Å². The van der Waals surface area contributed by atoms with E-state index < -0.39 is 5.60 Å².